The van der Waals surface area contributed by atoms with Gasteiger partial charge in [-0.1, -0.05) is 13.8 Å². The molecule has 0 radical (unpaired) electrons. The minimum absolute atomic E-state index is 0. The number of hydrogen-bond donors (Lipinski definition) is 1. The van der Waals surface area contributed by atoms with Crippen LogP contribution in [-0.2, 0) is 0 Å². The predicted molar refractivity (Wildman–Crippen MR) is 77.5 cm³/mol. The van der Waals surface area contributed by atoms with Crippen LogP contribution in [0.2, 0.25) is 0 Å². The largest absolute Gasteiger partial charge is 0.454 e. The van der Waals surface area contributed by atoms with Crippen LogP contribution in [0.4, 0.5) is 5.69 Å². The van der Waals surface area contributed by atoms with Crippen LogP contribution in [0, 0.1) is 16.0 Å². The van der Waals surface area contributed by atoms with E-state index in [-0.39, 0.29) is 30.9 Å². The van der Waals surface area contributed by atoms with E-state index in [9.17, 15) is 10.1 Å². The Morgan fingerprint density at radius 3 is 2.45 bits per heavy atom. The van der Waals surface area contributed by atoms with Gasteiger partial charge in [0.1, 0.15) is 0 Å². The van der Waals surface area contributed by atoms with Crippen molar-refractivity contribution < 1.29 is 14.4 Å². The molecule has 20 heavy (non-hydrogen) atoms. The van der Waals surface area contributed by atoms with Crippen molar-refractivity contribution in [2.45, 2.75) is 32.7 Å². The first-order valence-electron chi connectivity index (χ1n) is 6.32. The van der Waals surface area contributed by atoms with Crippen LogP contribution in [0.15, 0.2) is 12.1 Å². The van der Waals surface area contributed by atoms with E-state index in [0.29, 0.717) is 29.4 Å². The van der Waals surface area contributed by atoms with Crippen LogP contribution in [0.25, 0.3) is 0 Å². The van der Waals surface area contributed by atoms with E-state index in [4.69, 9.17) is 15.2 Å². The van der Waals surface area contributed by atoms with E-state index in [1.807, 2.05) is 0 Å². The van der Waals surface area contributed by atoms with Gasteiger partial charge >= 0.3 is 0 Å². The number of nitrogens with zero attached hydrogens (tertiary/aromatic N) is 1. The molecule has 0 amide bonds. The third-order valence-corrected chi connectivity index (χ3v) is 3.17. The lowest BCUT2D eigenvalue weighted by Gasteiger charge is -2.14. The molecule has 6 nitrogen and oxygen atoms in total. The Kier molecular flexibility index (Phi) is 5.59. The van der Waals surface area contributed by atoms with Crippen LogP contribution < -0.4 is 15.2 Å². The Bertz CT molecular complexity index is 494. The summed E-state index contributed by atoms with van der Waals surface area (Å²) in [6.45, 7) is 4.29. The summed E-state index contributed by atoms with van der Waals surface area (Å²) >= 11 is 0. The number of rotatable bonds is 5. The molecular weight excluding hydrogens is 284 g/mol. The Morgan fingerprint density at radius 2 is 1.90 bits per heavy atom. The minimum Gasteiger partial charge on any atom is -0.454 e. The topological polar surface area (TPSA) is 87.6 Å². The lowest BCUT2D eigenvalue weighted by molar-refractivity contribution is -0.385. The first kappa shape index (κ1) is 16.5. The van der Waals surface area contributed by atoms with Crippen molar-refractivity contribution in [3.05, 3.63) is 27.8 Å². The predicted octanol–water partition coefficient (Wildman–Crippen LogP) is 3.18. The third kappa shape index (κ3) is 3.52. The Labute approximate surface area is 123 Å². The zero-order valence-electron chi connectivity index (χ0n) is 11.5. The molecule has 0 aromatic heterocycles. The number of nitro benzene ring substituents is 1. The second-order valence-corrected chi connectivity index (χ2v) is 5.10. The van der Waals surface area contributed by atoms with Crippen LogP contribution in [0.3, 0.4) is 0 Å². The number of ether oxygens (including phenoxy) is 2. The van der Waals surface area contributed by atoms with Crippen LogP contribution in [0.5, 0.6) is 11.5 Å². The minimum atomic E-state index is -0.424. The second kappa shape index (κ2) is 6.76. The lowest BCUT2D eigenvalue weighted by Crippen LogP contribution is -2.13. The SMILES string of the molecule is CC(C)CC[C@@H](N)c1cc2c(cc1[N+](=O)[O-])OCO2.Cl. The van der Waals surface area contributed by atoms with Gasteiger partial charge in [-0.15, -0.1) is 12.4 Å². The summed E-state index contributed by atoms with van der Waals surface area (Å²) in [6.07, 6.45) is 1.63. The molecule has 112 valence electrons. The molecule has 2 N–H and O–H groups in total. The molecule has 0 saturated carbocycles. The second-order valence-electron chi connectivity index (χ2n) is 5.10. The van der Waals surface area contributed by atoms with Crippen LogP contribution in [-0.4, -0.2) is 11.7 Å². The first-order chi connectivity index (χ1) is 8.99. The highest BCUT2D eigenvalue weighted by Gasteiger charge is 2.26. The molecule has 0 spiro atoms. The van der Waals surface area contributed by atoms with E-state index in [0.717, 1.165) is 6.42 Å². The standard InChI is InChI=1S/C13H18N2O4.ClH/c1-8(2)3-4-10(14)9-5-12-13(19-7-18-12)6-11(9)15(16)17;/h5-6,8,10H,3-4,7,14H2,1-2H3;1H/t10-;/m1./s1. The fourth-order valence-corrected chi connectivity index (χ4v) is 2.07. The monoisotopic (exact) mass is 302 g/mol. The van der Waals surface area contributed by atoms with E-state index >= 15 is 0 Å². The molecular formula is C13H19ClN2O4. The van der Waals surface area contributed by atoms with Crippen LogP contribution >= 0.6 is 12.4 Å². The van der Waals surface area contributed by atoms with E-state index in [2.05, 4.69) is 13.8 Å². The molecule has 1 aromatic carbocycles. The summed E-state index contributed by atoms with van der Waals surface area (Å²) in [5.74, 6) is 1.45. The Morgan fingerprint density at radius 1 is 1.30 bits per heavy atom. The molecule has 2 rings (SSSR count). The molecule has 1 heterocycles. The van der Waals surface area contributed by atoms with E-state index in [1.54, 1.807) is 6.07 Å². The number of nitrogens with two attached hydrogens (primary N) is 1. The van der Waals surface area contributed by atoms with Gasteiger partial charge in [0, 0.05) is 6.04 Å². The zero-order valence-corrected chi connectivity index (χ0v) is 12.3. The van der Waals surface area contributed by atoms with Gasteiger partial charge in [-0.3, -0.25) is 10.1 Å². The number of hydrogen-bond acceptors (Lipinski definition) is 5. The van der Waals surface area contributed by atoms with Gasteiger partial charge in [0.15, 0.2) is 11.5 Å². The fraction of sp³-hybridized carbons (Fsp3) is 0.538. The average molecular weight is 303 g/mol. The van der Waals surface area contributed by atoms with Gasteiger partial charge in [-0.2, -0.15) is 0 Å². The zero-order chi connectivity index (χ0) is 14.0. The molecule has 1 aliphatic heterocycles. The molecule has 7 heteroatoms. The van der Waals surface area contributed by atoms with Crippen molar-refractivity contribution in [1.29, 1.82) is 0 Å². The van der Waals surface area contributed by atoms with Crippen molar-refractivity contribution in [1.82, 2.24) is 0 Å². The van der Waals surface area contributed by atoms with Gasteiger partial charge in [0.25, 0.3) is 5.69 Å². The smallest absolute Gasteiger partial charge is 0.278 e. The van der Waals surface area contributed by atoms with E-state index < -0.39 is 4.92 Å². The fourth-order valence-electron chi connectivity index (χ4n) is 2.07. The van der Waals surface area contributed by atoms with Gasteiger partial charge in [0.05, 0.1) is 16.6 Å². The molecule has 0 unspecified atom stereocenters. The summed E-state index contributed by atoms with van der Waals surface area (Å²) in [7, 11) is 0. The summed E-state index contributed by atoms with van der Waals surface area (Å²) in [5.41, 5.74) is 6.58. The van der Waals surface area contributed by atoms with Crippen LogP contribution in [0.1, 0.15) is 38.3 Å². The average Bonchev–Trinajstić information content (AvgIpc) is 2.81. The molecule has 1 atom stereocenters. The molecule has 0 bridgehead atoms. The van der Waals surface area contributed by atoms with E-state index in [1.165, 1.54) is 6.07 Å². The number of nitro groups is 1. The van der Waals surface area contributed by atoms with Gasteiger partial charge in [-0.25, -0.2) is 0 Å². The quantitative estimate of drug-likeness (QED) is 0.666. The van der Waals surface area contributed by atoms with Crippen molar-refractivity contribution in [2.24, 2.45) is 11.7 Å². The third-order valence-electron chi connectivity index (χ3n) is 3.17. The maximum atomic E-state index is 11.1. The summed E-state index contributed by atoms with van der Waals surface area (Å²) in [5, 5.41) is 11.1. The maximum absolute atomic E-state index is 11.1. The lowest BCUT2D eigenvalue weighted by atomic mass is 9.97. The molecule has 0 fully saturated rings. The highest BCUT2D eigenvalue weighted by molar-refractivity contribution is 5.85. The summed E-state index contributed by atoms with van der Waals surface area (Å²) < 4.78 is 10.4. The highest BCUT2D eigenvalue weighted by atomic mass is 35.5. The molecule has 0 aliphatic carbocycles. The van der Waals surface area contributed by atoms with Gasteiger partial charge < -0.3 is 15.2 Å². The normalized spacial score (nSPS) is 14.0. The summed E-state index contributed by atoms with van der Waals surface area (Å²) in [4.78, 5) is 10.7. The van der Waals surface area contributed by atoms with Crippen molar-refractivity contribution in [3.8, 4) is 11.5 Å². The number of benzene rings is 1. The van der Waals surface area contributed by atoms with Crippen molar-refractivity contribution in [3.63, 3.8) is 0 Å². The van der Waals surface area contributed by atoms with Crippen molar-refractivity contribution >= 4 is 18.1 Å². The first-order valence-corrected chi connectivity index (χ1v) is 6.32. The Balaban J connectivity index is 0.00000200. The maximum Gasteiger partial charge on any atom is 0.278 e. The van der Waals surface area contributed by atoms with Gasteiger partial charge in [0.2, 0.25) is 6.79 Å². The summed E-state index contributed by atoms with van der Waals surface area (Å²) in [6, 6.07) is 2.66. The Hall–Kier alpha value is -1.53. The van der Waals surface area contributed by atoms with Gasteiger partial charge in [-0.05, 0) is 24.8 Å². The number of halogens is 1. The highest BCUT2D eigenvalue weighted by Crippen LogP contribution is 2.40. The van der Waals surface area contributed by atoms with Crippen molar-refractivity contribution in [2.75, 3.05) is 6.79 Å². The molecule has 1 aromatic rings. The molecule has 1 aliphatic rings. The number of fused-ring (bicyclic) bond motifs is 1. The molecule has 0 saturated heterocycles.